The fourth-order valence-corrected chi connectivity index (χ4v) is 7.66. The van der Waals surface area contributed by atoms with Gasteiger partial charge in [0.15, 0.2) is 0 Å². The van der Waals surface area contributed by atoms with Crippen molar-refractivity contribution in [2.75, 3.05) is 0 Å². The molecule has 0 radical (unpaired) electrons. The Bertz CT molecular complexity index is 1830. The molecule has 0 heterocycles. The van der Waals surface area contributed by atoms with Crippen LogP contribution in [0.2, 0.25) is 0 Å². The van der Waals surface area contributed by atoms with Gasteiger partial charge in [0.1, 0.15) is 0 Å². The third-order valence-electron chi connectivity index (χ3n) is 7.77. The molecule has 0 aromatic heterocycles. The molecule has 34 heavy (non-hydrogen) atoms. The predicted octanol–water partition coefficient (Wildman–Crippen LogP) is 7.84. The highest BCUT2D eigenvalue weighted by Gasteiger charge is 2.32. The van der Waals surface area contributed by atoms with Crippen LogP contribution in [0.1, 0.15) is 22.6 Å². The standard InChI is InChI=1S/C32H20OS/c33-34(27-17-13-23-9-7-19-3-1-5-21-11-15-25(27)31(23)29(19)21)28-18-14-24-10-8-20-4-2-6-22-12-16-26(28)32(24)30(20)22/h1-15,17-18,30H,16H2. The first-order chi connectivity index (χ1) is 16.8. The van der Waals surface area contributed by atoms with Crippen molar-refractivity contribution < 1.29 is 4.21 Å². The Balaban J connectivity index is 1.37. The van der Waals surface area contributed by atoms with Crippen LogP contribution >= 0.6 is 0 Å². The Morgan fingerprint density at radius 1 is 0.706 bits per heavy atom. The number of allylic oxidation sites excluding steroid dienone is 7. The maximum Gasteiger partial charge on any atom is 0.0858 e. The summed E-state index contributed by atoms with van der Waals surface area (Å²) in [6.45, 7) is 0. The molecule has 1 nitrogen and oxygen atoms in total. The monoisotopic (exact) mass is 452 g/mol. The van der Waals surface area contributed by atoms with Gasteiger partial charge in [-0.15, -0.1) is 0 Å². The molecule has 5 aromatic rings. The van der Waals surface area contributed by atoms with Crippen molar-refractivity contribution in [1.82, 2.24) is 0 Å². The molecular formula is C32H20OS. The first-order valence-corrected chi connectivity index (χ1v) is 12.9. The summed E-state index contributed by atoms with van der Waals surface area (Å²) in [6.07, 6.45) is 14.2. The van der Waals surface area contributed by atoms with Crippen LogP contribution in [0.15, 0.2) is 118 Å². The zero-order chi connectivity index (χ0) is 22.4. The first-order valence-electron chi connectivity index (χ1n) is 11.8. The summed E-state index contributed by atoms with van der Waals surface area (Å²) in [5.74, 6) is 0.270. The van der Waals surface area contributed by atoms with Crippen molar-refractivity contribution in [2.24, 2.45) is 0 Å². The first kappa shape index (κ1) is 18.7. The number of hydrogen-bond acceptors (Lipinski definition) is 1. The van der Waals surface area contributed by atoms with E-state index < -0.39 is 10.8 Å². The van der Waals surface area contributed by atoms with Crippen LogP contribution in [0.3, 0.4) is 0 Å². The molecule has 0 aliphatic heterocycles. The summed E-state index contributed by atoms with van der Waals surface area (Å²) >= 11 is 0. The fourth-order valence-electron chi connectivity index (χ4n) is 6.25. The molecule has 8 rings (SSSR count). The van der Waals surface area contributed by atoms with E-state index in [9.17, 15) is 4.21 Å². The van der Waals surface area contributed by atoms with Crippen LogP contribution in [0.5, 0.6) is 0 Å². The topological polar surface area (TPSA) is 17.1 Å². The predicted molar refractivity (Wildman–Crippen MR) is 142 cm³/mol. The van der Waals surface area contributed by atoms with Gasteiger partial charge in [-0.3, -0.25) is 0 Å². The molecule has 0 spiro atoms. The van der Waals surface area contributed by atoms with Gasteiger partial charge in [0.05, 0.1) is 15.7 Å². The van der Waals surface area contributed by atoms with Crippen LogP contribution in [0, 0.1) is 0 Å². The summed E-state index contributed by atoms with van der Waals surface area (Å²) in [5.41, 5.74) is 6.53. The Kier molecular flexibility index (Phi) is 3.65. The van der Waals surface area contributed by atoms with Crippen LogP contribution in [-0.2, 0) is 17.2 Å². The van der Waals surface area contributed by atoms with Gasteiger partial charge in [0.2, 0.25) is 0 Å². The molecule has 2 atom stereocenters. The molecule has 0 amide bonds. The lowest BCUT2D eigenvalue weighted by Gasteiger charge is -2.34. The number of benzene rings is 5. The molecule has 5 aromatic carbocycles. The smallest absolute Gasteiger partial charge is 0.0858 e. The molecule has 0 saturated carbocycles. The largest absolute Gasteiger partial charge is 0.249 e. The average Bonchev–Trinajstić information content (AvgIpc) is 2.90. The van der Waals surface area contributed by atoms with Gasteiger partial charge in [-0.2, -0.15) is 0 Å². The van der Waals surface area contributed by atoms with Crippen LogP contribution in [0.4, 0.5) is 0 Å². The van der Waals surface area contributed by atoms with E-state index in [1.807, 2.05) is 0 Å². The second-order valence-corrected chi connectivity index (χ2v) is 10.9. The third kappa shape index (κ3) is 2.36. The molecule has 0 N–H and O–H groups in total. The van der Waals surface area contributed by atoms with E-state index in [-0.39, 0.29) is 5.92 Å². The molecule has 2 unspecified atom stereocenters. The zero-order valence-corrected chi connectivity index (χ0v) is 19.2. The van der Waals surface area contributed by atoms with Crippen molar-refractivity contribution in [3.05, 3.63) is 125 Å². The summed E-state index contributed by atoms with van der Waals surface area (Å²) in [5, 5.41) is 7.25. The van der Waals surface area contributed by atoms with Gasteiger partial charge < -0.3 is 0 Å². The fraction of sp³-hybridized carbons (Fsp3) is 0.0625. The van der Waals surface area contributed by atoms with E-state index in [2.05, 4.69) is 103 Å². The van der Waals surface area contributed by atoms with Gasteiger partial charge in [0.25, 0.3) is 0 Å². The molecule has 0 saturated heterocycles. The Hall–Kier alpha value is -3.75. The van der Waals surface area contributed by atoms with Crippen LogP contribution in [-0.4, -0.2) is 4.21 Å². The Morgan fingerprint density at radius 2 is 1.47 bits per heavy atom. The van der Waals surface area contributed by atoms with Gasteiger partial charge in [-0.05, 0) is 78.7 Å². The average molecular weight is 453 g/mol. The van der Waals surface area contributed by atoms with Crippen LogP contribution in [0.25, 0.3) is 38.4 Å². The van der Waals surface area contributed by atoms with E-state index in [0.29, 0.717) is 0 Å². The van der Waals surface area contributed by atoms with Crippen molar-refractivity contribution in [3.63, 3.8) is 0 Å². The lowest BCUT2D eigenvalue weighted by atomic mass is 9.71. The molecule has 3 aliphatic carbocycles. The quantitative estimate of drug-likeness (QED) is 0.249. The van der Waals surface area contributed by atoms with Gasteiger partial charge in [-0.1, -0.05) is 91.1 Å². The van der Waals surface area contributed by atoms with Crippen LogP contribution < -0.4 is 0 Å². The van der Waals surface area contributed by atoms with Gasteiger partial charge in [0, 0.05) is 10.8 Å². The molecule has 0 fully saturated rings. The molecule has 160 valence electrons. The van der Waals surface area contributed by atoms with E-state index in [0.717, 1.165) is 21.6 Å². The van der Waals surface area contributed by atoms with Gasteiger partial charge >= 0.3 is 0 Å². The highest BCUT2D eigenvalue weighted by molar-refractivity contribution is 7.85. The second-order valence-electron chi connectivity index (χ2n) is 9.43. The third-order valence-corrected chi connectivity index (χ3v) is 9.30. The zero-order valence-electron chi connectivity index (χ0n) is 18.4. The molecule has 2 heteroatoms. The minimum absolute atomic E-state index is 0.270. The molecular weight excluding hydrogens is 432 g/mol. The summed E-state index contributed by atoms with van der Waals surface area (Å²) in [4.78, 5) is 1.86. The van der Waals surface area contributed by atoms with Crippen molar-refractivity contribution >= 4 is 49.2 Å². The Morgan fingerprint density at radius 3 is 2.35 bits per heavy atom. The number of rotatable bonds is 2. The minimum atomic E-state index is -1.27. The van der Waals surface area contributed by atoms with E-state index in [1.165, 1.54) is 54.8 Å². The SMILES string of the molecule is O=S(c1ccc2c3c1CC=C1C=CC=C(C=C2)C13)c1ccc2ccc3cccc4ccc1c2c34. The van der Waals surface area contributed by atoms with Crippen molar-refractivity contribution in [1.29, 1.82) is 0 Å². The number of hydrogen-bond donors (Lipinski definition) is 0. The summed E-state index contributed by atoms with van der Waals surface area (Å²) in [7, 11) is -1.27. The second kappa shape index (κ2) is 6.65. The maximum absolute atomic E-state index is 14.3. The van der Waals surface area contributed by atoms with Crippen molar-refractivity contribution in [2.45, 2.75) is 22.1 Å². The minimum Gasteiger partial charge on any atom is -0.249 e. The van der Waals surface area contributed by atoms with E-state index in [1.54, 1.807) is 0 Å². The van der Waals surface area contributed by atoms with E-state index in [4.69, 9.17) is 0 Å². The Labute approximate surface area is 200 Å². The van der Waals surface area contributed by atoms with Crippen molar-refractivity contribution in [3.8, 4) is 0 Å². The molecule has 0 bridgehead atoms. The lowest BCUT2D eigenvalue weighted by molar-refractivity contribution is 0.682. The normalized spacial score (nSPS) is 18.9. The molecule has 3 aliphatic rings. The summed E-state index contributed by atoms with van der Waals surface area (Å²) < 4.78 is 14.3. The maximum atomic E-state index is 14.3. The van der Waals surface area contributed by atoms with E-state index >= 15 is 0 Å². The lowest BCUT2D eigenvalue weighted by Crippen LogP contribution is -2.19. The summed E-state index contributed by atoms with van der Waals surface area (Å²) in [6, 6.07) is 23.6. The highest BCUT2D eigenvalue weighted by atomic mass is 32.2. The van der Waals surface area contributed by atoms with Gasteiger partial charge in [-0.25, -0.2) is 4.21 Å². The highest BCUT2D eigenvalue weighted by Crippen LogP contribution is 2.48.